The molecule has 1 aliphatic carbocycles. The van der Waals surface area contributed by atoms with Crippen molar-refractivity contribution in [2.24, 2.45) is 0 Å². The van der Waals surface area contributed by atoms with E-state index in [4.69, 9.17) is 14.2 Å². The molecule has 0 fully saturated rings. The summed E-state index contributed by atoms with van der Waals surface area (Å²) >= 11 is 0. The first-order chi connectivity index (χ1) is 12.6. The summed E-state index contributed by atoms with van der Waals surface area (Å²) < 4.78 is 16.3. The van der Waals surface area contributed by atoms with Crippen LogP contribution in [0, 0.1) is 0 Å². The fourth-order valence-electron chi connectivity index (χ4n) is 3.71. The number of benzene rings is 2. The molecule has 0 amide bonds. The van der Waals surface area contributed by atoms with Crippen molar-refractivity contribution in [3.63, 3.8) is 0 Å². The number of hydrogen-bond donors (Lipinski definition) is 1. The van der Waals surface area contributed by atoms with Crippen LogP contribution in [0.3, 0.4) is 0 Å². The Hall–Kier alpha value is -2.92. The van der Waals surface area contributed by atoms with Crippen LogP contribution in [0.15, 0.2) is 53.9 Å². The fourth-order valence-corrected chi connectivity index (χ4v) is 3.71. The van der Waals surface area contributed by atoms with Gasteiger partial charge >= 0.3 is 0 Å². The molecule has 0 saturated carbocycles. The molecule has 134 valence electrons. The zero-order valence-electron chi connectivity index (χ0n) is 15.2. The van der Waals surface area contributed by atoms with E-state index in [1.165, 1.54) is 0 Å². The van der Waals surface area contributed by atoms with Gasteiger partial charge in [0.1, 0.15) is 11.9 Å². The molecule has 0 aromatic heterocycles. The van der Waals surface area contributed by atoms with Crippen molar-refractivity contribution < 1.29 is 19.3 Å². The highest BCUT2D eigenvalue weighted by atomic mass is 16.5. The molecule has 4 rings (SSSR count). The summed E-state index contributed by atoms with van der Waals surface area (Å²) in [6.45, 7) is 0. The third-order valence-corrected chi connectivity index (χ3v) is 4.96. The number of ether oxygens (including phenoxy) is 3. The van der Waals surface area contributed by atoms with Crippen LogP contribution in [0.1, 0.15) is 5.56 Å². The second kappa shape index (κ2) is 6.11. The van der Waals surface area contributed by atoms with Gasteiger partial charge in [-0.25, -0.2) is 0 Å². The molecule has 2 aromatic rings. The standard InChI is InChI=1S/C21H21NO4/c1-22-11-13-8-19(25-3)20(26-4)10-15(13)14-6-5-12-7-18(24-2)17(23)9-16(12)21(14)22/h5-11,20,23H,1-4H3. The Kier molecular flexibility index (Phi) is 3.89. The van der Waals surface area contributed by atoms with Crippen LogP contribution in [0.5, 0.6) is 11.5 Å². The summed E-state index contributed by atoms with van der Waals surface area (Å²) in [6, 6.07) is 7.76. The lowest BCUT2D eigenvalue weighted by Gasteiger charge is -2.32. The van der Waals surface area contributed by atoms with Gasteiger partial charge in [-0.3, -0.25) is 0 Å². The fraction of sp³-hybridized carbons (Fsp3) is 0.238. The second-order valence-electron chi connectivity index (χ2n) is 6.39. The van der Waals surface area contributed by atoms with Crippen LogP contribution in [0.4, 0.5) is 5.69 Å². The number of nitrogens with zero attached hydrogens (tertiary/aromatic N) is 1. The number of phenolic OH excluding ortho intramolecular Hbond substituents is 1. The van der Waals surface area contributed by atoms with Gasteiger partial charge in [-0.05, 0) is 35.2 Å². The van der Waals surface area contributed by atoms with Crippen molar-refractivity contribution in [2.45, 2.75) is 6.10 Å². The van der Waals surface area contributed by atoms with Gasteiger partial charge in [0.2, 0.25) is 0 Å². The summed E-state index contributed by atoms with van der Waals surface area (Å²) in [7, 11) is 6.88. The molecule has 2 aliphatic rings. The molecule has 0 bridgehead atoms. The highest BCUT2D eigenvalue weighted by Crippen LogP contribution is 2.45. The van der Waals surface area contributed by atoms with Crippen LogP contribution in [0.25, 0.3) is 16.3 Å². The van der Waals surface area contributed by atoms with Gasteiger partial charge < -0.3 is 24.2 Å². The molecule has 0 radical (unpaired) electrons. The van der Waals surface area contributed by atoms with Crippen molar-refractivity contribution in [1.29, 1.82) is 0 Å². The lowest BCUT2D eigenvalue weighted by atomic mass is 9.86. The molecule has 1 unspecified atom stereocenters. The Labute approximate surface area is 152 Å². The maximum atomic E-state index is 10.3. The van der Waals surface area contributed by atoms with E-state index in [-0.39, 0.29) is 11.9 Å². The van der Waals surface area contributed by atoms with Crippen LogP contribution < -0.4 is 9.64 Å². The average Bonchev–Trinajstić information content (AvgIpc) is 2.65. The minimum Gasteiger partial charge on any atom is -0.504 e. The number of methoxy groups -OCH3 is 3. The maximum absolute atomic E-state index is 10.3. The number of hydrogen-bond acceptors (Lipinski definition) is 5. The summed E-state index contributed by atoms with van der Waals surface area (Å²) in [5.74, 6) is 1.38. The van der Waals surface area contributed by atoms with E-state index in [1.54, 1.807) is 27.4 Å². The molecule has 1 N–H and O–H groups in total. The molecule has 1 aliphatic heterocycles. The Bertz CT molecular complexity index is 987. The highest BCUT2D eigenvalue weighted by molar-refractivity contribution is 6.06. The lowest BCUT2D eigenvalue weighted by Crippen LogP contribution is -2.22. The maximum Gasteiger partial charge on any atom is 0.161 e. The van der Waals surface area contributed by atoms with Crippen molar-refractivity contribution in [3.8, 4) is 11.5 Å². The third-order valence-electron chi connectivity index (χ3n) is 4.96. The van der Waals surface area contributed by atoms with Crippen molar-refractivity contribution in [3.05, 3.63) is 59.5 Å². The van der Waals surface area contributed by atoms with Gasteiger partial charge in [-0.1, -0.05) is 12.1 Å². The number of rotatable bonds is 3. The van der Waals surface area contributed by atoms with Crippen molar-refractivity contribution in [2.75, 3.05) is 33.3 Å². The van der Waals surface area contributed by atoms with Crippen LogP contribution in [-0.2, 0) is 9.47 Å². The smallest absolute Gasteiger partial charge is 0.161 e. The topological polar surface area (TPSA) is 51.2 Å². The van der Waals surface area contributed by atoms with Gasteiger partial charge in [0.05, 0.1) is 19.9 Å². The molecule has 1 atom stereocenters. The summed E-state index contributed by atoms with van der Waals surface area (Å²) in [4.78, 5) is 2.08. The molecular weight excluding hydrogens is 330 g/mol. The minimum atomic E-state index is -0.219. The van der Waals surface area contributed by atoms with Gasteiger partial charge in [-0.2, -0.15) is 0 Å². The zero-order valence-corrected chi connectivity index (χ0v) is 15.2. The van der Waals surface area contributed by atoms with Crippen LogP contribution in [-0.4, -0.2) is 39.6 Å². The Morgan fingerprint density at radius 2 is 1.88 bits per heavy atom. The molecule has 5 nitrogen and oxygen atoms in total. The summed E-state index contributed by atoms with van der Waals surface area (Å²) in [5, 5.41) is 12.2. The van der Waals surface area contributed by atoms with E-state index in [2.05, 4.69) is 23.2 Å². The third kappa shape index (κ3) is 2.35. The van der Waals surface area contributed by atoms with Gasteiger partial charge in [0, 0.05) is 36.9 Å². The monoisotopic (exact) mass is 351 g/mol. The van der Waals surface area contributed by atoms with E-state index >= 15 is 0 Å². The molecule has 0 spiro atoms. The van der Waals surface area contributed by atoms with Gasteiger partial charge in [0.25, 0.3) is 0 Å². The summed E-state index contributed by atoms with van der Waals surface area (Å²) in [6.07, 6.45) is 5.94. The molecular formula is C21H21NO4. The van der Waals surface area contributed by atoms with E-state index in [9.17, 15) is 5.11 Å². The average molecular weight is 351 g/mol. The van der Waals surface area contributed by atoms with E-state index in [0.29, 0.717) is 5.75 Å². The number of anilines is 1. The van der Waals surface area contributed by atoms with Crippen LogP contribution >= 0.6 is 0 Å². The first-order valence-corrected chi connectivity index (χ1v) is 8.36. The second-order valence-corrected chi connectivity index (χ2v) is 6.39. The predicted octanol–water partition coefficient (Wildman–Crippen LogP) is 3.83. The number of fused-ring (bicyclic) bond motifs is 5. The predicted molar refractivity (Wildman–Crippen MR) is 103 cm³/mol. The first-order valence-electron chi connectivity index (χ1n) is 8.36. The molecule has 0 saturated heterocycles. The largest absolute Gasteiger partial charge is 0.504 e. The molecule has 1 heterocycles. The summed E-state index contributed by atoms with van der Waals surface area (Å²) in [5.41, 5.74) is 4.31. The Morgan fingerprint density at radius 3 is 2.58 bits per heavy atom. The Morgan fingerprint density at radius 1 is 1.08 bits per heavy atom. The highest BCUT2D eigenvalue weighted by Gasteiger charge is 2.28. The van der Waals surface area contributed by atoms with E-state index in [0.717, 1.165) is 38.9 Å². The number of phenols is 1. The van der Waals surface area contributed by atoms with E-state index in [1.807, 2.05) is 25.3 Å². The molecule has 5 heteroatoms. The van der Waals surface area contributed by atoms with Crippen LogP contribution in [0.2, 0.25) is 0 Å². The van der Waals surface area contributed by atoms with Gasteiger partial charge in [0.15, 0.2) is 11.5 Å². The van der Waals surface area contributed by atoms with Crippen molar-refractivity contribution in [1.82, 2.24) is 0 Å². The zero-order chi connectivity index (χ0) is 18.4. The minimum absolute atomic E-state index is 0.130. The Balaban J connectivity index is 1.95. The van der Waals surface area contributed by atoms with Gasteiger partial charge in [-0.15, -0.1) is 0 Å². The quantitative estimate of drug-likeness (QED) is 0.911. The number of allylic oxidation sites excluding steroid dienone is 3. The molecule has 26 heavy (non-hydrogen) atoms. The van der Waals surface area contributed by atoms with E-state index < -0.39 is 0 Å². The van der Waals surface area contributed by atoms with Crippen molar-refractivity contribution >= 4 is 22.0 Å². The SMILES string of the molecule is COC1=CC2=CN(C)c3c(ccc4cc(OC)c(O)cc34)C2=CC1OC. The normalized spacial score (nSPS) is 18.5. The number of aromatic hydroxyl groups is 1. The lowest BCUT2D eigenvalue weighted by molar-refractivity contribution is 0.110. The molecule has 2 aromatic carbocycles. The first kappa shape index (κ1) is 16.5.